The summed E-state index contributed by atoms with van der Waals surface area (Å²) in [4.78, 5) is 17.9. The Labute approximate surface area is 141 Å². The number of hydrogen-bond donors (Lipinski definition) is 1. The number of halogens is 4. The first-order chi connectivity index (χ1) is 11.9. The minimum absolute atomic E-state index is 0.0729. The standard InChI is InChI=1S/C17H15F4N3O/c18-13-3-1-2-11(8-13)15-10-22-6-7-24(15)16(25)14-5-4-12(9-23-14)17(19,20)21/h1-5,8-9,15,22H,6-7,10H2. The molecule has 1 saturated heterocycles. The minimum atomic E-state index is -4.51. The first-order valence-corrected chi connectivity index (χ1v) is 7.66. The fraction of sp³-hybridized carbons (Fsp3) is 0.294. The Morgan fingerprint density at radius 1 is 1.24 bits per heavy atom. The average Bonchev–Trinajstić information content (AvgIpc) is 2.60. The summed E-state index contributed by atoms with van der Waals surface area (Å²) in [5.74, 6) is -0.896. The summed E-state index contributed by atoms with van der Waals surface area (Å²) in [5.41, 5.74) is -0.366. The number of carbonyl (C=O) groups excluding carboxylic acids is 1. The molecule has 0 saturated carbocycles. The van der Waals surface area contributed by atoms with E-state index in [4.69, 9.17) is 0 Å². The lowest BCUT2D eigenvalue weighted by atomic mass is 10.0. The summed E-state index contributed by atoms with van der Waals surface area (Å²) in [6.45, 7) is 1.32. The van der Waals surface area contributed by atoms with E-state index in [0.717, 1.165) is 12.1 Å². The van der Waals surface area contributed by atoms with Gasteiger partial charge in [-0.3, -0.25) is 9.78 Å². The number of aromatic nitrogens is 1. The van der Waals surface area contributed by atoms with Gasteiger partial charge < -0.3 is 10.2 Å². The molecular formula is C17H15F4N3O. The van der Waals surface area contributed by atoms with E-state index < -0.39 is 29.5 Å². The van der Waals surface area contributed by atoms with Crippen LogP contribution in [0.5, 0.6) is 0 Å². The fourth-order valence-electron chi connectivity index (χ4n) is 2.79. The van der Waals surface area contributed by atoms with Crippen molar-refractivity contribution in [1.82, 2.24) is 15.2 Å². The molecule has 1 aliphatic heterocycles. The molecule has 132 valence electrons. The number of hydrogen-bond acceptors (Lipinski definition) is 3. The SMILES string of the molecule is O=C(c1ccc(C(F)(F)F)cn1)N1CCNCC1c1cccc(F)c1. The molecule has 1 N–H and O–H groups in total. The Bertz CT molecular complexity index is 761. The van der Waals surface area contributed by atoms with Crippen LogP contribution in [0, 0.1) is 5.82 Å². The van der Waals surface area contributed by atoms with Crippen molar-refractivity contribution in [2.45, 2.75) is 12.2 Å². The van der Waals surface area contributed by atoms with Crippen molar-refractivity contribution in [3.05, 3.63) is 65.2 Å². The van der Waals surface area contributed by atoms with Gasteiger partial charge in [0.25, 0.3) is 5.91 Å². The molecule has 1 aliphatic rings. The van der Waals surface area contributed by atoms with Crippen LogP contribution in [0.25, 0.3) is 0 Å². The summed E-state index contributed by atoms with van der Waals surface area (Å²) in [6.07, 6.45) is -3.86. The highest BCUT2D eigenvalue weighted by Gasteiger charge is 2.33. The van der Waals surface area contributed by atoms with Gasteiger partial charge in [0.2, 0.25) is 0 Å². The number of carbonyl (C=O) groups is 1. The lowest BCUT2D eigenvalue weighted by Crippen LogP contribution is -2.48. The van der Waals surface area contributed by atoms with E-state index in [-0.39, 0.29) is 5.69 Å². The number of nitrogens with zero attached hydrogens (tertiary/aromatic N) is 2. The van der Waals surface area contributed by atoms with Crippen molar-refractivity contribution in [2.75, 3.05) is 19.6 Å². The number of nitrogens with one attached hydrogen (secondary N) is 1. The van der Waals surface area contributed by atoms with E-state index in [2.05, 4.69) is 10.3 Å². The zero-order valence-corrected chi connectivity index (χ0v) is 13.1. The quantitative estimate of drug-likeness (QED) is 0.845. The summed E-state index contributed by atoms with van der Waals surface area (Å²) >= 11 is 0. The zero-order chi connectivity index (χ0) is 18.0. The van der Waals surface area contributed by atoms with Crippen molar-refractivity contribution < 1.29 is 22.4 Å². The highest BCUT2D eigenvalue weighted by Crippen LogP contribution is 2.29. The smallest absolute Gasteiger partial charge is 0.328 e. The molecule has 8 heteroatoms. The maximum atomic E-state index is 13.5. The molecule has 2 heterocycles. The minimum Gasteiger partial charge on any atom is -0.328 e. The van der Waals surface area contributed by atoms with Gasteiger partial charge in [-0.2, -0.15) is 13.2 Å². The van der Waals surface area contributed by atoms with Crippen LogP contribution in [0.4, 0.5) is 17.6 Å². The molecule has 2 aromatic rings. The number of amides is 1. The fourth-order valence-corrected chi connectivity index (χ4v) is 2.79. The molecule has 0 spiro atoms. The second kappa shape index (κ2) is 6.79. The lowest BCUT2D eigenvalue weighted by Gasteiger charge is -2.36. The Hall–Kier alpha value is -2.48. The molecule has 4 nitrogen and oxygen atoms in total. The maximum absolute atomic E-state index is 13.5. The molecule has 1 atom stereocenters. The first kappa shape index (κ1) is 17.3. The van der Waals surface area contributed by atoms with Crippen molar-refractivity contribution in [3.8, 4) is 0 Å². The summed E-state index contributed by atoms with van der Waals surface area (Å²) in [6, 6.07) is 7.40. The van der Waals surface area contributed by atoms with Crippen molar-refractivity contribution >= 4 is 5.91 Å². The number of alkyl halides is 3. The molecule has 3 rings (SSSR count). The van der Waals surface area contributed by atoms with Gasteiger partial charge in [0.05, 0.1) is 11.6 Å². The molecule has 1 fully saturated rings. The Kier molecular flexibility index (Phi) is 4.71. The number of pyridine rings is 1. The third-order valence-electron chi connectivity index (χ3n) is 4.05. The average molecular weight is 353 g/mol. The van der Waals surface area contributed by atoms with Gasteiger partial charge in [-0.05, 0) is 29.8 Å². The Balaban J connectivity index is 1.86. The Morgan fingerprint density at radius 3 is 2.68 bits per heavy atom. The number of rotatable bonds is 2. The van der Waals surface area contributed by atoms with Crippen LogP contribution in [0.15, 0.2) is 42.6 Å². The number of piperazine rings is 1. The molecule has 0 aliphatic carbocycles. The molecule has 0 radical (unpaired) electrons. The Morgan fingerprint density at radius 2 is 2.04 bits per heavy atom. The molecule has 25 heavy (non-hydrogen) atoms. The van der Waals surface area contributed by atoms with E-state index >= 15 is 0 Å². The van der Waals surface area contributed by atoms with E-state index in [9.17, 15) is 22.4 Å². The molecule has 1 amide bonds. The number of benzene rings is 1. The van der Waals surface area contributed by atoms with E-state index in [0.29, 0.717) is 31.4 Å². The van der Waals surface area contributed by atoms with E-state index in [1.165, 1.54) is 17.0 Å². The zero-order valence-electron chi connectivity index (χ0n) is 13.1. The van der Waals surface area contributed by atoms with Gasteiger partial charge in [-0.25, -0.2) is 4.39 Å². The third kappa shape index (κ3) is 3.79. The molecule has 1 aromatic heterocycles. The first-order valence-electron chi connectivity index (χ1n) is 7.66. The largest absolute Gasteiger partial charge is 0.417 e. The normalized spacial score (nSPS) is 18.2. The summed E-state index contributed by atoms with van der Waals surface area (Å²) in [7, 11) is 0. The molecular weight excluding hydrogens is 338 g/mol. The second-order valence-corrected chi connectivity index (χ2v) is 5.70. The van der Waals surface area contributed by atoms with Crippen LogP contribution < -0.4 is 5.32 Å². The van der Waals surface area contributed by atoms with E-state index in [1.807, 2.05) is 0 Å². The highest BCUT2D eigenvalue weighted by molar-refractivity contribution is 5.92. The monoisotopic (exact) mass is 353 g/mol. The van der Waals surface area contributed by atoms with Gasteiger partial charge in [-0.1, -0.05) is 12.1 Å². The predicted molar refractivity (Wildman–Crippen MR) is 82.3 cm³/mol. The van der Waals surface area contributed by atoms with Gasteiger partial charge in [-0.15, -0.1) is 0 Å². The van der Waals surface area contributed by atoms with E-state index in [1.54, 1.807) is 12.1 Å². The second-order valence-electron chi connectivity index (χ2n) is 5.70. The van der Waals surface area contributed by atoms with Crippen LogP contribution in [-0.4, -0.2) is 35.4 Å². The summed E-state index contributed by atoms with van der Waals surface area (Å²) < 4.78 is 51.3. The van der Waals surface area contributed by atoms with Gasteiger partial charge in [0, 0.05) is 25.8 Å². The third-order valence-corrected chi connectivity index (χ3v) is 4.05. The van der Waals surface area contributed by atoms with Crippen LogP contribution in [0.1, 0.15) is 27.7 Å². The van der Waals surface area contributed by atoms with Crippen molar-refractivity contribution in [3.63, 3.8) is 0 Å². The van der Waals surface area contributed by atoms with Gasteiger partial charge in [0.15, 0.2) is 0 Å². The topological polar surface area (TPSA) is 45.2 Å². The maximum Gasteiger partial charge on any atom is 0.417 e. The summed E-state index contributed by atoms with van der Waals surface area (Å²) in [5, 5.41) is 3.13. The van der Waals surface area contributed by atoms with Crippen LogP contribution in [0.3, 0.4) is 0 Å². The van der Waals surface area contributed by atoms with Crippen LogP contribution >= 0.6 is 0 Å². The van der Waals surface area contributed by atoms with Gasteiger partial charge >= 0.3 is 6.18 Å². The molecule has 0 bridgehead atoms. The van der Waals surface area contributed by atoms with Crippen molar-refractivity contribution in [2.24, 2.45) is 0 Å². The van der Waals surface area contributed by atoms with Crippen LogP contribution in [-0.2, 0) is 6.18 Å². The van der Waals surface area contributed by atoms with Gasteiger partial charge in [0.1, 0.15) is 11.5 Å². The molecule has 1 aromatic carbocycles. The lowest BCUT2D eigenvalue weighted by molar-refractivity contribution is -0.137. The van der Waals surface area contributed by atoms with Crippen molar-refractivity contribution in [1.29, 1.82) is 0 Å². The van der Waals surface area contributed by atoms with Crippen LogP contribution in [0.2, 0.25) is 0 Å². The predicted octanol–water partition coefficient (Wildman–Crippen LogP) is 3.03. The highest BCUT2D eigenvalue weighted by atomic mass is 19.4. The molecule has 1 unspecified atom stereocenters.